The molecule has 2 unspecified atom stereocenters. The fourth-order valence-corrected chi connectivity index (χ4v) is 2.30. The third-order valence-corrected chi connectivity index (χ3v) is 3.42. The number of hydrogen-bond donors (Lipinski definition) is 1. The van der Waals surface area contributed by atoms with Crippen LogP contribution in [0, 0.1) is 0 Å². The third-order valence-electron chi connectivity index (χ3n) is 3.42. The Kier molecular flexibility index (Phi) is 4.54. The molecule has 1 fully saturated rings. The van der Waals surface area contributed by atoms with Gasteiger partial charge in [-0.15, -0.1) is 0 Å². The maximum absolute atomic E-state index is 6.25. The van der Waals surface area contributed by atoms with E-state index in [1.807, 2.05) is 6.07 Å². The Bertz CT molecular complexity index is 328. The van der Waals surface area contributed by atoms with E-state index in [9.17, 15) is 0 Å². The van der Waals surface area contributed by atoms with Gasteiger partial charge in [-0.05, 0) is 18.5 Å². The van der Waals surface area contributed by atoms with Crippen LogP contribution in [0.3, 0.4) is 0 Å². The van der Waals surface area contributed by atoms with Gasteiger partial charge in [0.25, 0.3) is 0 Å². The first-order valence-corrected chi connectivity index (χ1v) is 6.43. The van der Waals surface area contributed by atoms with Gasteiger partial charge in [-0.25, -0.2) is 0 Å². The van der Waals surface area contributed by atoms with Gasteiger partial charge < -0.3 is 10.5 Å². The lowest BCUT2D eigenvalue weighted by Gasteiger charge is -2.35. The van der Waals surface area contributed by atoms with Crippen LogP contribution in [0.25, 0.3) is 0 Å². The number of nitrogens with two attached hydrogens (primary N) is 1. The van der Waals surface area contributed by atoms with Gasteiger partial charge in [0.1, 0.15) is 0 Å². The van der Waals surface area contributed by atoms with E-state index in [4.69, 9.17) is 10.5 Å². The van der Waals surface area contributed by atoms with Crippen LogP contribution in [0.15, 0.2) is 30.3 Å². The molecule has 1 aliphatic heterocycles. The first-order valence-electron chi connectivity index (χ1n) is 6.43. The molecule has 2 atom stereocenters. The van der Waals surface area contributed by atoms with Crippen molar-refractivity contribution in [2.75, 3.05) is 26.2 Å². The van der Waals surface area contributed by atoms with E-state index in [0.717, 1.165) is 32.7 Å². The van der Waals surface area contributed by atoms with E-state index in [1.165, 1.54) is 5.56 Å². The van der Waals surface area contributed by atoms with Crippen LogP contribution in [0.2, 0.25) is 0 Å². The highest BCUT2D eigenvalue weighted by Crippen LogP contribution is 2.11. The fraction of sp³-hybridized carbons (Fsp3) is 0.571. The Labute approximate surface area is 104 Å². The van der Waals surface area contributed by atoms with Crippen LogP contribution in [-0.4, -0.2) is 43.3 Å². The minimum atomic E-state index is 0.0896. The lowest BCUT2D eigenvalue weighted by Crippen LogP contribution is -2.51. The summed E-state index contributed by atoms with van der Waals surface area (Å²) in [6, 6.07) is 10.5. The zero-order valence-corrected chi connectivity index (χ0v) is 10.5. The molecular formula is C14H22N2O. The van der Waals surface area contributed by atoms with Crippen LogP contribution >= 0.6 is 0 Å². The number of likely N-dealkylation sites (N-methyl/N-ethyl adjacent to an activating group) is 1. The molecule has 0 spiro atoms. The van der Waals surface area contributed by atoms with E-state index in [0.29, 0.717) is 0 Å². The highest BCUT2D eigenvalue weighted by Gasteiger charge is 2.24. The minimum Gasteiger partial charge on any atom is -0.374 e. The van der Waals surface area contributed by atoms with Crippen molar-refractivity contribution < 1.29 is 4.74 Å². The molecule has 1 aromatic carbocycles. The summed E-state index contributed by atoms with van der Waals surface area (Å²) in [6.45, 7) is 6.07. The summed E-state index contributed by atoms with van der Waals surface area (Å²) >= 11 is 0. The van der Waals surface area contributed by atoms with Crippen LogP contribution < -0.4 is 5.73 Å². The van der Waals surface area contributed by atoms with Crippen molar-refractivity contribution in [3.05, 3.63) is 35.9 Å². The summed E-state index contributed by atoms with van der Waals surface area (Å²) in [5.74, 6) is 0. The maximum Gasteiger partial charge on any atom is 0.0856 e. The summed E-state index contributed by atoms with van der Waals surface area (Å²) in [5, 5.41) is 0. The minimum absolute atomic E-state index is 0.0896. The van der Waals surface area contributed by atoms with Crippen molar-refractivity contribution in [2.45, 2.75) is 25.5 Å². The van der Waals surface area contributed by atoms with Gasteiger partial charge in [-0.1, -0.05) is 37.3 Å². The van der Waals surface area contributed by atoms with Crippen molar-refractivity contribution >= 4 is 0 Å². The molecule has 1 aromatic rings. The van der Waals surface area contributed by atoms with Gasteiger partial charge >= 0.3 is 0 Å². The quantitative estimate of drug-likeness (QED) is 0.853. The predicted octanol–water partition coefficient (Wildman–Crippen LogP) is 1.28. The number of benzene rings is 1. The van der Waals surface area contributed by atoms with E-state index in [1.54, 1.807) is 0 Å². The predicted molar refractivity (Wildman–Crippen MR) is 70.0 cm³/mol. The number of ether oxygens (including phenoxy) is 1. The van der Waals surface area contributed by atoms with Crippen LogP contribution in [0.5, 0.6) is 0 Å². The second kappa shape index (κ2) is 6.15. The molecule has 3 heteroatoms. The molecule has 3 nitrogen and oxygen atoms in total. The number of morpholine rings is 1. The van der Waals surface area contributed by atoms with E-state index in [-0.39, 0.29) is 12.1 Å². The second-order valence-corrected chi connectivity index (χ2v) is 4.66. The Morgan fingerprint density at radius 1 is 1.41 bits per heavy atom. The zero-order valence-electron chi connectivity index (χ0n) is 10.5. The van der Waals surface area contributed by atoms with Crippen LogP contribution in [0.4, 0.5) is 0 Å². The Morgan fingerprint density at radius 2 is 2.18 bits per heavy atom. The summed E-state index contributed by atoms with van der Waals surface area (Å²) in [6.07, 6.45) is 1.06. The zero-order chi connectivity index (χ0) is 12.1. The lowest BCUT2D eigenvalue weighted by molar-refractivity contribution is -0.0385. The molecule has 0 bridgehead atoms. The van der Waals surface area contributed by atoms with Gasteiger partial charge in [0.2, 0.25) is 0 Å². The van der Waals surface area contributed by atoms with Gasteiger partial charge in [0.15, 0.2) is 0 Å². The van der Waals surface area contributed by atoms with Crippen molar-refractivity contribution in [2.24, 2.45) is 5.73 Å². The molecular weight excluding hydrogens is 212 g/mol. The molecule has 94 valence electrons. The third kappa shape index (κ3) is 3.53. The molecule has 0 radical (unpaired) electrons. The first-order chi connectivity index (χ1) is 8.29. The van der Waals surface area contributed by atoms with E-state index < -0.39 is 0 Å². The fourth-order valence-electron chi connectivity index (χ4n) is 2.30. The van der Waals surface area contributed by atoms with Crippen LogP contribution in [0.1, 0.15) is 12.5 Å². The van der Waals surface area contributed by atoms with Crippen molar-refractivity contribution in [3.8, 4) is 0 Å². The largest absolute Gasteiger partial charge is 0.374 e. The van der Waals surface area contributed by atoms with Gasteiger partial charge in [0, 0.05) is 19.1 Å². The summed E-state index contributed by atoms with van der Waals surface area (Å²) in [7, 11) is 0. The Hall–Kier alpha value is -0.900. The average molecular weight is 234 g/mol. The standard InChI is InChI=1S/C14H22N2O/c1-2-16-8-9-17-14(11-16)13(15)10-12-6-4-3-5-7-12/h3-7,13-14H,2,8-11,15H2,1H3. The Balaban J connectivity index is 1.89. The topological polar surface area (TPSA) is 38.5 Å². The SMILES string of the molecule is CCN1CCOC(C(N)Cc2ccccc2)C1. The monoisotopic (exact) mass is 234 g/mol. The maximum atomic E-state index is 6.25. The molecule has 0 amide bonds. The van der Waals surface area contributed by atoms with Crippen molar-refractivity contribution in [3.63, 3.8) is 0 Å². The number of nitrogens with zero attached hydrogens (tertiary/aromatic N) is 1. The summed E-state index contributed by atoms with van der Waals surface area (Å²) < 4.78 is 5.78. The van der Waals surface area contributed by atoms with Gasteiger partial charge in [-0.2, -0.15) is 0 Å². The van der Waals surface area contributed by atoms with E-state index in [2.05, 4.69) is 36.1 Å². The molecule has 2 rings (SSSR count). The molecule has 0 saturated carbocycles. The lowest BCUT2D eigenvalue weighted by atomic mass is 10.0. The van der Waals surface area contributed by atoms with Gasteiger partial charge in [0.05, 0.1) is 12.7 Å². The molecule has 1 heterocycles. The summed E-state index contributed by atoms with van der Waals surface area (Å²) in [5.41, 5.74) is 7.53. The van der Waals surface area contributed by atoms with Crippen molar-refractivity contribution in [1.29, 1.82) is 0 Å². The number of hydrogen-bond acceptors (Lipinski definition) is 3. The second-order valence-electron chi connectivity index (χ2n) is 4.66. The summed E-state index contributed by atoms with van der Waals surface area (Å²) in [4.78, 5) is 2.40. The molecule has 2 N–H and O–H groups in total. The molecule has 1 aliphatic rings. The number of rotatable bonds is 4. The molecule has 0 aliphatic carbocycles. The van der Waals surface area contributed by atoms with E-state index >= 15 is 0 Å². The molecule has 0 aromatic heterocycles. The molecule has 17 heavy (non-hydrogen) atoms. The highest BCUT2D eigenvalue weighted by atomic mass is 16.5. The Morgan fingerprint density at radius 3 is 2.88 bits per heavy atom. The van der Waals surface area contributed by atoms with Crippen molar-refractivity contribution in [1.82, 2.24) is 4.90 Å². The van der Waals surface area contributed by atoms with Gasteiger partial charge in [-0.3, -0.25) is 4.90 Å². The average Bonchev–Trinajstić information content (AvgIpc) is 2.40. The molecule has 1 saturated heterocycles. The van der Waals surface area contributed by atoms with Crippen LogP contribution in [-0.2, 0) is 11.2 Å². The smallest absolute Gasteiger partial charge is 0.0856 e. The first kappa shape index (κ1) is 12.6. The normalized spacial score (nSPS) is 23.5. The highest BCUT2D eigenvalue weighted by molar-refractivity contribution is 5.16.